The van der Waals surface area contributed by atoms with Gasteiger partial charge in [-0.25, -0.2) is 4.68 Å². The van der Waals surface area contributed by atoms with Crippen LogP contribution in [-0.4, -0.2) is 30.3 Å². The number of aromatic nitrogens is 5. The van der Waals surface area contributed by atoms with Crippen molar-refractivity contribution in [1.82, 2.24) is 29.7 Å². The number of rotatable bonds is 4. The first-order chi connectivity index (χ1) is 12.2. The molecule has 1 atom stereocenters. The summed E-state index contributed by atoms with van der Waals surface area (Å²) in [6, 6.07) is 15.0. The number of carbonyl (C=O) groups excluding carboxylic acids is 1. The van der Waals surface area contributed by atoms with Crippen molar-refractivity contribution < 1.29 is 4.79 Å². The zero-order chi connectivity index (χ0) is 17.2. The molecule has 0 unspecified atom stereocenters. The van der Waals surface area contributed by atoms with Crippen LogP contribution < -0.4 is 5.32 Å². The van der Waals surface area contributed by atoms with Gasteiger partial charge in [-0.15, -0.1) is 10.2 Å². The average Bonchev–Trinajstić information content (AvgIpc) is 3.30. The molecule has 0 aliphatic rings. The Labute approximate surface area is 143 Å². The fourth-order valence-corrected chi connectivity index (χ4v) is 2.66. The largest absolute Gasteiger partial charge is 0.342 e. The fraction of sp³-hybridized carbons (Fsp3) is 0.111. The normalized spacial score (nSPS) is 12.2. The van der Waals surface area contributed by atoms with Gasteiger partial charge in [-0.3, -0.25) is 9.20 Å². The van der Waals surface area contributed by atoms with Crippen molar-refractivity contribution in [1.29, 1.82) is 0 Å². The average molecular weight is 332 g/mol. The van der Waals surface area contributed by atoms with E-state index in [1.54, 1.807) is 17.1 Å². The van der Waals surface area contributed by atoms with Gasteiger partial charge in [0, 0.05) is 12.4 Å². The molecule has 1 N–H and O–H groups in total. The van der Waals surface area contributed by atoms with E-state index in [1.807, 2.05) is 66.1 Å². The number of carbonyl (C=O) groups is 1. The SMILES string of the molecule is C[C@H](NC(=O)c1cnn(-c2ccccc2)c1)c1nnc2ccccn12. The Morgan fingerprint density at radius 1 is 1.08 bits per heavy atom. The summed E-state index contributed by atoms with van der Waals surface area (Å²) in [5.74, 6) is 0.474. The molecule has 0 spiro atoms. The van der Waals surface area contributed by atoms with Gasteiger partial charge in [-0.1, -0.05) is 24.3 Å². The highest BCUT2D eigenvalue weighted by molar-refractivity contribution is 5.94. The summed E-state index contributed by atoms with van der Waals surface area (Å²) in [4.78, 5) is 12.5. The molecule has 3 heterocycles. The van der Waals surface area contributed by atoms with Crippen molar-refractivity contribution in [2.24, 2.45) is 0 Å². The lowest BCUT2D eigenvalue weighted by Crippen LogP contribution is -2.27. The first-order valence-corrected chi connectivity index (χ1v) is 7.93. The highest BCUT2D eigenvalue weighted by atomic mass is 16.1. The minimum Gasteiger partial charge on any atom is -0.342 e. The van der Waals surface area contributed by atoms with Crippen molar-refractivity contribution in [2.75, 3.05) is 0 Å². The summed E-state index contributed by atoms with van der Waals surface area (Å²) in [6.45, 7) is 1.88. The van der Waals surface area contributed by atoms with Gasteiger partial charge in [-0.2, -0.15) is 5.10 Å². The quantitative estimate of drug-likeness (QED) is 0.622. The second-order valence-electron chi connectivity index (χ2n) is 5.69. The third kappa shape index (κ3) is 2.87. The number of para-hydroxylation sites is 1. The lowest BCUT2D eigenvalue weighted by molar-refractivity contribution is 0.0938. The molecular weight excluding hydrogens is 316 g/mol. The summed E-state index contributed by atoms with van der Waals surface area (Å²) in [7, 11) is 0. The van der Waals surface area contributed by atoms with E-state index >= 15 is 0 Å². The van der Waals surface area contributed by atoms with Crippen LogP contribution in [0.1, 0.15) is 29.1 Å². The number of pyridine rings is 1. The van der Waals surface area contributed by atoms with Crippen molar-refractivity contribution in [3.05, 3.63) is 78.5 Å². The summed E-state index contributed by atoms with van der Waals surface area (Å²) in [5.41, 5.74) is 2.14. The van der Waals surface area contributed by atoms with E-state index in [9.17, 15) is 4.79 Å². The Hall–Kier alpha value is -3.48. The van der Waals surface area contributed by atoms with Gasteiger partial charge >= 0.3 is 0 Å². The molecule has 0 aliphatic heterocycles. The molecule has 0 bridgehead atoms. The second kappa shape index (κ2) is 6.20. The minimum atomic E-state index is -0.287. The van der Waals surface area contributed by atoms with Crippen LogP contribution in [0.4, 0.5) is 0 Å². The summed E-state index contributed by atoms with van der Waals surface area (Å²) >= 11 is 0. The molecule has 0 radical (unpaired) electrons. The molecule has 0 fully saturated rings. The Morgan fingerprint density at radius 2 is 1.88 bits per heavy atom. The van der Waals surface area contributed by atoms with Crippen LogP contribution in [0.3, 0.4) is 0 Å². The second-order valence-corrected chi connectivity index (χ2v) is 5.69. The summed E-state index contributed by atoms with van der Waals surface area (Å²) < 4.78 is 3.53. The molecule has 1 amide bonds. The molecule has 0 saturated carbocycles. The Balaban J connectivity index is 1.53. The first kappa shape index (κ1) is 15.1. The zero-order valence-corrected chi connectivity index (χ0v) is 13.6. The van der Waals surface area contributed by atoms with E-state index in [2.05, 4.69) is 20.6 Å². The van der Waals surface area contributed by atoms with Crippen molar-refractivity contribution in [2.45, 2.75) is 13.0 Å². The Kier molecular flexibility index (Phi) is 3.74. The van der Waals surface area contributed by atoms with Crippen LogP contribution >= 0.6 is 0 Å². The molecule has 7 nitrogen and oxygen atoms in total. The molecule has 0 aliphatic carbocycles. The van der Waals surface area contributed by atoms with Crippen LogP contribution in [0.2, 0.25) is 0 Å². The van der Waals surface area contributed by atoms with Crippen LogP contribution in [0.5, 0.6) is 0 Å². The first-order valence-electron chi connectivity index (χ1n) is 7.93. The van der Waals surface area contributed by atoms with Gasteiger partial charge in [0.25, 0.3) is 5.91 Å². The van der Waals surface area contributed by atoms with E-state index in [0.29, 0.717) is 11.4 Å². The van der Waals surface area contributed by atoms with Crippen molar-refractivity contribution in [3.8, 4) is 5.69 Å². The van der Waals surface area contributed by atoms with Gasteiger partial charge in [0.15, 0.2) is 11.5 Å². The van der Waals surface area contributed by atoms with E-state index in [4.69, 9.17) is 0 Å². The van der Waals surface area contributed by atoms with Crippen LogP contribution in [-0.2, 0) is 0 Å². The number of hydrogen-bond acceptors (Lipinski definition) is 4. The van der Waals surface area contributed by atoms with E-state index in [0.717, 1.165) is 11.3 Å². The highest BCUT2D eigenvalue weighted by Gasteiger charge is 2.17. The molecule has 1 aromatic carbocycles. The topological polar surface area (TPSA) is 77.1 Å². The van der Waals surface area contributed by atoms with Gasteiger partial charge in [0.2, 0.25) is 0 Å². The molecule has 124 valence electrons. The van der Waals surface area contributed by atoms with E-state index in [1.165, 1.54) is 0 Å². The van der Waals surface area contributed by atoms with Gasteiger partial charge in [0.1, 0.15) is 0 Å². The molecule has 4 rings (SSSR count). The van der Waals surface area contributed by atoms with Gasteiger partial charge < -0.3 is 5.32 Å². The monoisotopic (exact) mass is 332 g/mol. The molecular formula is C18H16N6O. The maximum Gasteiger partial charge on any atom is 0.255 e. The number of nitrogens with one attached hydrogen (secondary N) is 1. The highest BCUT2D eigenvalue weighted by Crippen LogP contribution is 2.13. The summed E-state index contributed by atoms with van der Waals surface area (Å²) in [5, 5.41) is 15.5. The van der Waals surface area contributed by atoms with Crippen LogP contribution in [0.25, 0.3) is 11.3 Å². The standard InChI is InChI=1S/C18H16N6O/c1-13(17-22-21-16-9-5-6-10-23(16)17)20-18(25)14-11-19-24(12-14)15-7-3-2-4-8-15/h2-13H,1H3,(H,20,25)/t13-/m0/s1. The molecule has 4 aromatic rings. The van der Waals surface area contributed by atoms with Crippen molar-refractivity contribution in [3.63, 3.8) is 0 Å². The smallest absolute Gasteiger partial charge is 0.255 e. The predicted molar refractivity (Wildman–Crippen MR) is 92.4 cm³/mol. The van der Waals surface area contributed by atoms with E-state index < -0.39 is 0 Å². The third-order valence-corrected chi connectivity index (χ3v) is 3.94. The van der Waals surface area contributed by atoms with E-state index in [-0.39, 0.29) is 11.9 Å². The number of benzene rings is 1. The number of fused-ring (bicyclic) bond motifs is 1. The van der Waals surface area contributed by atoms with Crippen LogP contribution in [0, 0.1) is 0 Å². The lowest BCUT2D eigenvalue weighted by atomic mass is 10.2. The maximum atomic E-state index is 12.5. The number of hydrogen-bond donors (Lipinski definition) is 1. The maximum absolute atomic E-state index is 12.5. The zero-order valence-electron chi connectivity index (χ0n) is 13.6. The molecule has 0 saturated heterocycles. The summed E-state index contributed by atoms with van der Waals surface area (Å²) in [6.07, 6.45) is 5.14. The number of nitrogens with zero attached hydrogens (tertiary/aromatic N) is 5. The minimum absolute atomic E-state index is 0.206. The van der Waals surface area contributed by atoms with Gasteiger partial charge in [-0.05, 0) is 31.2 Å². The fourth-order valence-electron chi connectivity index (χ4n) is 2.66. The lowest BCUT2D eigenvalue weighted by Gasteiger charge is -2.11. The molecule has 25 heavy (non-hydrogen) atoms. The Bertz CT molecular complexity index is 1020. The Morgan fingerprint density at radius 3 is 2.72 bits per heavy atom. The molecule has 7 heteroatoms. The third-order valence-electron chi connectivity index (χ3n) is 3.94. The predicted octanol–water partition coefficient (Wildman–Crippen LogP) is 2.41. The van der Waals surface area contributed by atoms with Crippen molar-refractivity contribution >= 4 is 11.6 Å². The van der Waals surface area contributed by atoms with Gasteiger partial charge in [0.05, 0.1) is 23.5 Å². The molecule has 3 aromatic heterocycles. The van der Waals surface area contributed by atoms with Crippen LogP contribution in [0.15, 0.2) is 67.1 Å². The number of amides is 1.